The Labute approximate surface area is 119 Å². The van der Waals surface area contributed by atoms with Gasteiger partial charge in [0.1, 0.15) is 5.41 Å². The Morgan fingerprint density at radius 3 is 2.72 bits per heavy atom. The van der Waals surface area contributed by atoms with Crippen LogP contribution in [-0.2, 0) is 4.79 Å². The third-order valence-electron chi connectivity index (χ3n) is 3.31. The second kappa shape index (κ2) is 5.29. The van der Waals surface area contributed by atoms with Gasteiger partial charge in [-0.15, -0.1) is 0 Å². The highest BCUT2D eigenvalue weighted by Crippen LogP contribution is 2.39. The maximum atomic E-state index is 12.2. The lowest BCUT2D eigenvalue weighted by molar-refractivity contribution is -0.122. The van der Waals surface area contributed by atoms with Gasteiger partial charge in [0, 0.05) is 0 Å². The first-order valence-corrected chi connectivity index (χ1v) is 6.93. The third kappa shape index (κ3) is 2.38. The number of nitriles is 1. The van der Waals surface area contributed by atoms with Crippen LogP contribution in [0.3, 0.4) is 0 Å². The van der Waals surface area contributed by atoms with Crippen LogP contribution in [0.4, 0.5) is 5.69 Å². The molecule has 0 spiro atoms. The maximum Gasteiger partial charge on any atom is 0.244 e. The maximum absolute atomic E-state index is 12.2. The molecule has 5 heteroatoms. The highest BCUT2D eigenvalue weighted by molar-refractivity contribution is 9.10. The van der Waals surface area contributed by atoms with Crippen molar-refractivity contribution in [1.82, 2.24) is 0 Å². The zero-order valence-electron chi connectivity index (χ0n) is 9.67. The Morgan fingerprint density at radius 1 is 1.44 bits per heavy atom. The summed E-state index contributed by atoms with van der Waals surface area (Å²) in [5.41, 5.74) is -0.268. The molecular formula is C13H12BrClN2O. The summed E-state index contributed by atoms with van der Waals surface area (Å²) in [6.07, 6.45) is 3.12. The van der Waals surface area contributed by atoms with Crippen molar-refractivity contribution in [2.45, 2.75) is 25.7 Å². The summed E-state index contributed by atoms with van der Waals surface area (Å²) >= 11 is 9.29. The van der Waals surface area contributed by atoms with Crippen molar-refractivity contribution >= 4 is 39.1 Å². The lowest BCUT2D eigenvalue weighted by Gasteiger charge is -2.19. The molecule has 1 N–H and O–H groups in total. The van der Waals surface area contributed by atoms with Crippen molar-refractivity contribution in [3.8, 4) is 6.07 Å². The molecule has 2 rings (SSSR count). The van der Waals surface area contributed by atoms with E-state index in [0.717, 1.165) is 12.8 Å². The van der Waals surface area contributed by atoms with Gasteiger partial charge in [-0.25, -0.2) is 0 Å². The van der Waals surface area contributed by atoms with Crippen molar-refractivity contribution < 1.29 is 4.79 Å². The van der Waals surface area contributed by atoms with Crippen molar-refractivity contribution in [3.05, 3.63) is 27.7 Å². The van der Waals surface area contributed by atoms with E-state index in [1.54, 1.807) is 18.2 Å². The van der Waals surface area contributed by atoms with Crippen LogP contribution in [0, 0.1) is 16.7 Å². The number of amides is 1. The van der Waals surface area contributed by atoms with E-state index in [-0.39, 0.29) is 5.91 Å². The van der Waals surface area contributed by atoms with E-state index in [1.165, 1.54) is 0 Å². The molecule has 0 saturated heterocycles. The number of carbonyl (C=O) groups excluding carboxylic acids is 1. The fourth-order valence-electron chi connectivity index (χ4n) is 2.21. The molecule has 1 fully saturated rings. The number of hydrogen-bond acceptors (Lipinski definition) is 2. The second-order valence-corrected chi connectivity index (χ2v) is 5.66. The first kappa shape index (κ1) is 13.4. The first-order valence-electron chi connectivity index (χ1n) is 5.76. The van der Waals surface area contributed by atoms with Gasteiger partial charge in [0.15, 0.2) is 0 Å². The third-order valence-corrected chi connectivity index (χ3v) is 4.70. The monoisotopic (exact) mass is 326 g/mol. The summed E-state index contributed by atoms with van der Waals surface area (Å²) in [4.78, 5) is 12.2. The van der Waals surface area contributed by atoms with Gasteiger partial charge < -0.3 is 5.32 Å². The van der Waals surface area contributed by atoms with Gasteiger partial charge in [-0.05, 0) is 40.9 Å². The highest BCUT2D eigenvalue weighted by atomic mass is 79.9. The van der Waals surface area contributed by atoms with Crippen LogP contribution < -0.4 is 5.32 Å². The van der Waals surface area contributed by atoms with E-state index in [0.29, 0.717) is 28.0 Å². The zero-order valence-corrected chi connectivity index (χ0v) is 12.0. The topological polar surface area (TPSA) is 52.9 Å². The average Bonchev–Trinajstić information content (AvgIpc) is 2.85. The average molecular weight is 328 g/mol. The van der Waals surface area contributed by atoms with Gasteiger partial charge in [0.05, 0.1) is 21.3 Å². The molecule has 0 atom stereocenters. The second-order valence-electron chi connectivity index (χ2n) is 4.46. The van der Waals surface area contributed by atoms with Gasteiger partial charge in [-0.2, -0.15) is 5.26 Å². The predicted molar refractivity (Wildman–Crippen MR) is 74.3 cm³/mol. The molecule has 1 aliphatic carbocycles. The Balaban J connectivity index is 2.22. The fraction of sp³-hybridized carbons (Fsp3) is 0.385. The van der Waals surface area contributed by atoms with Crippen molar-refractivity contribution in [2.75, 3.05) is 5.32 Å². The molecule has 0 heterocycles. The number of halogens is 2. The minimum atomic E-state index is -0.873. The normalized spacial score (nSPS) is 17.2. The quantitative estimate of drug-likeness (QED) is 0.888. The van der Waals surface area contributed by atoms with Gasteiger partial charge in [0.25, 0.3) is 0 Å². The Hall–Kier alpha value is -1.05. The molecule has 3 nitrogen and oxygen atoms in total. The highest BCUT2D eigenvalue weighted by Gasteiger charge is 2.41. The van der Waals surface area contributed by atoms with Crippen LogP contribution in [-0.4, -0.2) is 5.91 Å². The molecule has 0 aromatic heterocycles. The molecule has 1 aliphatic rings. The SMILES string of the molecule is N#CC1(C(=O)Nc2cccc(Cl)c2Br)CCCC1. The molecule has 94 valence electrons. The minimum Gasteiger partial charge on any atom is -0.324 e. The minimum absolute atomic E-state index is 0.231. The van der Waals surface area contributed by atoms with Crippen molar-refractivity contribution in [3.63, 3.8) is 0 Å². The summed E-state index contributed by atoms with van der Waals surface area (Å²) in [6, 6.07) is 7.42. The summed E-state index contributed by atoms with van der Waals surface area (Å²) in [6.45, 7) is 0. The number of hydrogen-bond donors (Lipinski definition) is 1. The first-order chi connectivity index (χ1) is 8.59. The van der Waals surface area contributed by atoms with Gasteiger partial charge in [-0.3, -0.25) is 4.79 Å². The predicted octanol–water partition coefficient (Wildman–Crippen LogP) is 4.12. The Bertz CT molecular complexity index is 518. The molecule has 0 radical (unpaired) electrons. The van der Waals surface area contributed by atoms with E-state index in [1.807, 2.05) is 0 Å². The summed E-state index contributed by atoms with van der Waals surface area (Å²) < 4.78 is 0.645. The summed E-state index contributed by atoms with van der Waals surface area (Å²) in [7, 11) is 0. The molecule has 0 unspecified atom stereocenters. The number of nitrogens with one attached hydrogen (secondary N) is 1. The Morgan fingerprint density at radius 2 is 2.11 bits per heavy atom. The molecule has 0 bridgehead atoms. The molecule has 18 heavy (non-hydrogen) atoms. The van der Waals surface area contributed by atoms with Crippen LogP contribution in [0.5, 0.6) is 0 Å². The van der Waals surface area contributed by atoms with Gasteiger partial charge >= 0.3 is 0 Å². The van der Waals surface area contributed by atoms with Crippen molar-refractivity contribution in [2.24, 2.45) is 5.41 Å². The van der Waals surface area contributed by atoms with E-state index in [9.17, 15) is 10.1 Å². The number of benzene rings is 1. The number of carbonyl (C=O) groups is 1. The molecule has 1 aromatic rings. The van der Waals surface area contributed by atoms with Crippen LogP contribution in [0.15, 0.2) is 22.7 Å². The molecule has 1 saturated carbocycles. The molecule has 1 aromatic carbocycles. The summed E-state index contributed by atoms with van der Waals surface area (Å²) in [5, 5.41) is 12.6. The van der Waals surface area contributed by atoms with Crippen LogP contribution in [0.25, 0.3) is 0 Å². The van der Waals surface area contributed by atoms with Crippen LogP contribution >= 0.6 is 27.5 Å². The van der Waals surface area contributed by atoms with E-state index in [4.69, 9.17) is 11.6 Å². The number of nitrogens with zero attached hydrogens (tertiary/aromatic N) is 1. The largest absolute Gasteiger partial charge is 0.324 e. The number of anilines is 1. The van der Waals surface area contributed by atoms with Crippen LogP contribution in [0.2, 0.25) is 5.02 Å². The van der Waals surface area contributed by atoms with E-state index in [2.05, 4.69) is 27.3 Å². The summed E-state index contributed by atoms with van der Waals surface area (Å²) in [5.74, 6) is -0.231. The van der Waals surface area contributed by atoms with E-state index >= 15 is 0 Å². The molecular weight excluding hydrogens is 316 g/mol. The smallest absolute Gasteiger partial charge is 0.244 e. The lowest BCUT2D eigenvalue weighted by atomic mass is 9.87. The van der Waals surface area contributed by atoms with Gasteiger partial charge in [-0.1, -0.05) is 30.5 Å². The van der Waals surface area contributed by atoms with Crippen LogP contribution in [0.1, 0.15) is 25.7 Å². The zero-order chi connectivity index (χ0) is 13.2. The fourth-order valence-corrected chi connectivity index (χ4v) is 2.75. The lowest BCUT2D eigenvalue weighted by Crippen LogP contribution is -2.32. The molecule has 1 amide bonds. The molecule has 0 aliphatic heterocycles. The van der Waals surface area contributed by atoms with E-state index < -0.39 is 5.41 Å². The van der Waals surface area contributed by atoms with Crippen molar-refractivity contribution in [1.29, 1.82) is 5.26 Å². The standard InChI is InChI=1S/C13H12BrClN2O/c14-11-9(15)4-3-5-10(11)17-12(18)13(8-16)6-1-2-7-13/h3-5H,1-2,6-7H2,(H,17,18). The Kier molecular flexibility index (Phi) is 3.94. The van der Waals surface area contributed by atoms with Gasteiger partial charge in [0.2, 0.25) is 5.91 Å². The number of rotatable bonds is 2.